The molecule has 0 N–H and O–H groups in total. The molecule has 0 aliphatic rings. The monoisotopic (exact) mass is 164 g/mol. The first kappa shape index (κ1) is 9.40. The zero-order valence-corrected chi connectivity index (χ0v) is 7.43. The first-order chi connectivity index (χ1) is 4.31. The van der Waals surface area contributed by atoms with Crippen molar-refractivity contribution in [3.05, 3.63) is 11.5 Å². The van der Waals surface area contributed by atoms with Crippen molar-refractivity contribution in [1.82, 2.24) is 0 Å². The Kier molecular flexibility index (Phi) is 6.81. The van der Waals surface area contributed by atoms with Crippen molar-refractivity contribution >= 4 is 21.0 Å². The molecule has 1 unspecified atom stereocenters. The second-order valence-electron chi connectivity index (χ2n) is 1.55. The summed E-state index contributed by atoms with van der Waals surface area (Å²) in [5, 5.41) is 1.71. The average molecular weight is 164 g/mol. The van der Waals surface area contributed by atoms with Gasteiger partial charge in [0, 0.05) is 5.75 Å². The van der Waals surface area contributed by atoms with Crippen molar-refractivity contribution in [2.75, 3.05) is 5.75 Å². The van der Waals surface area contributed by atoms with Crippen molar-refractivity contribution in [2.45, 2.75) is 20.3 Å². The molecule has 0 saturated carbocycles. The molecular formula is C6H12OS2. The fourth-order valence-electron chi connectivity index (χ4n) is 0.316. The highest BCUT2D eigenvalue weighted by Crippen LogP contribution is 2.14. The summed E-state index contributed by atoms with van der Waals surface area (Å²) in [7, 11) is 0.703. The van der Waals surface area contributed by atoms with E-state index in [4.69, 9.17) is 0 Å². The first-order valence-electron chi connectivity index (χ1n) is 2.98. The molecule has 0 amide bonds. The molecule has 0 aromatic heterocycles. The molecular weight excluding hydrogens is 152 g/mol. The van der Waals surface area contributed by atoms with Crippen LogP contribution >= 0.6 is 10.8 Å². The Balaban J connectivity index is 3.15. The molecule has 0 rings (SSSR count). The number of rotatable bonds is 4. The topological polar surface area (TPSA) is 23.1 Å². The first-order valence-corrected chi connectivity index (χ1v) is 5.69. The smallest absolute Gasteiger partial charge is 0.126 e. The molecule has 0 bridgehead atoms. The van der Waals surface area contributed by atoms with Crippen LogP contribution in [0, 0.1) is 0 Å². The van der Waals surface area contributed by atoms with Crippen molar-refractivity contribution in [2.24, 2.45) is 0 Å². The van der Waals surface area contributed by atoms with Gasteiger partial charge in [-0.05, 0) is 19.4 Å². The second-order valence-corrected chi connectivity index (χ2v) is 4.68. The van der Waals surface area contributed by atoms with Gasteiger partial charge in [0.2, 0.25) is 0 Å². The van der Waals surface area contributed by atoms with Gasteiger partial charge in [-0.2, -0.15) is 0 Å². The Morgan fingerprint density at radius 1 is 1.67 bits per heavy atom. The minimum Gasteiger partial charge on any atom is -0.601 e. The molecule has 0 aliphatic heterocycles. The minimum absolute atomic E-state index is 0.784. The van der Waals surface area contributed by atoms with Crippen molar-refractivity contribution in [3.63, 3.8) is 0 Å². The third-order valence-electron chi connectivity index (χ3n) is 0.651. The van der Waals surface area contributed by atoms with Crippen LogP contribution in [0.5, 0.6) is 0 Å². The normalized spacial score (nSPS) is 14.6. The fraction of sp³-hybridized carbons (Fsp3) is 0.667. The molecule has 0 heterocycles. The maximum atomic E-state index is 10.8. The highest BCUT2D eigenvalue weighted by atomic mass is 33.1. The quantitative estimate of drug-likeness (QED) is 0.470. The molecule has 0 aliphatic carbocycles. The van der Waals surface area contributed by atoms with Gasteiger partial charge >= 0.3 is 0 Å². The summed E-state index contributed by atoms with van der Waals surface area (Å²) in [6.45, 7) is 3.96. The van der Waals surface area contributed by atoms with Gasteiger partial charge < -0.3 is 4.55 Å². The Morgan fingerprint density at radius 2 is 2.33 bits per heavy atom. The van der Waals surface area contributed by atoms with Gasteiger partial charge in [-0.1, -0.05) is 6.92 Å². The summed E-state index contributed by atoms with van der Waals surface area (Å²) in [5.41, 5.74) is 0. The highest BCUT2D eigenvalue weighted by Gasteiger charge is 1.99. The van der Waals surface area contributed by atoms with Gasteiger partial charge in [-0.3, -0.25) is 0 Å². The van der Waals surface area contributed by atoms with Gasteiger partial charge in [0.05, 0.1) is 21.0 Å². The Hall–Kier alpha value is 0.400. The lowest BCUT2D eigenvalue weighted by Gasteiger charge is -1.99. The summed E-state index contributed by atoms with van der Waals surface area (Å²) >= 11 is 0. The summed E-state index contributed by atoms with van der Waals surface area (Å²) in [6, 6.07) is 0. The molecule has 0 fully saturated rings. The fourth-order valence-corrected chi connectivity index (χ4v) is 2.51. The molecule has 1 nitrogen and oxygen atoms in total. The van der Waals surface area contributed by atoms with Crippen LogP contribution in [0.3, 0.4) is 0 Å². The Bertz CT molecular complexity index is 83.1. The van der Waals surface area contributed by atoms with E-state index < -0.39 is 10.2 Å². The van der Waals surface area contributed by atoms with Gasteiger partial charge in [0.25, 0.3) is 0 Å². The van der Waals surface area contributed by atoms with E-state index in [-0.39, 0.29) is 0 Å². The van der Waals surface area contributed by atoms with E-state index >= 15 is 0 Å². The number of hydrogen-bond donors (Lipinski definition) is 0. The summed E-state index contributed by atoms with van der Waals surface area (Å²) in [4.78, 5) is 0. The standard InChI is InChI=1S/C6H12OS2/c1-3-5-8-9(7)6-4-2/h4,6H,3,5H2,1-2H3/b6-4+. The molecule has 0 aromatic rings. The SMILES string of the molecule is C/C=C/[S+]([O-])SCCC. The minimum atomic E-state index is -0.784. The van der Waals surface area contributed by atoms with E-state index in [9.17, 15) is 4.55 Å². The van der Waals surface area contributed by atoms with Gasteiger partial charge in [0.1, 0.15) is 5.41 Å². The van der Waals surface area contributed by atoms with E-state index in [1.807, 2.05) is 13.0 Å². The van der Waals surface area contributed by atoms with E-state index in [2.05, 4.69) is 6.92 Å². The zero-order chi connectivity index (χ0) is 7.11. The maximum absolute atomic E-state index is 10.8. The van der Waals surface area contributed by atoms with Crippen LogP contribution in [0.25, 0.3) is 0 Å². The predicted molar refractivity (Wildman–Crippen MR) is 45.7 cm³/mol. The Labute approximate surface area is 63.5 Å². The van der Waals surface area contributed by atoms with Gasteiger partial charge in [-0.25, -0.2) is 0 Å². The Morgan fingerprint density at radius 3 is 2.78 bits per heavy atom. The lowest BCUT2D eigenvalue weighted by Crippen LogP contribution is -1.88. The lowest BCUT2D eigenvalue weighted by molar-refractivity contribution is 0.617. The third kappa shape index (κ3) is 6.28. The molecule has 9 heavy (non-hydrogen) atoms. The van der Waals surface area contributed by atoms with Crippen LogP contribution in [-0.4, -0.2) is 10.3 Å². The second kappa shape index (κ2) is 6.52. The van der Waals surface area contributed by atoms with Crippen LogP contribution < -0.4 is 0 Å². The molecule has 54 valence electrons. The van der Waals surface area contributed by atoms with Crippen molar-refractivity contribution < 1.29 is 4.55 Å². The number of hydrogen-bond acceptors (Lipinski definition) is 2. The van der Waals surface area contributed by atoms with Crippen molar-refractivity contribution in [3.8, 4) is 0 Å². The third-order valence-corrected chi connectivity index (χ3v) is 3.48. The molecule has 0 saturated heterocycles. The van der Waals surface area contributed by atoms with Crippen LogP contribution in [0.4, 0.5) is 0 Å². The van der Waals surface area contributed by atoms with E-state index in [1.165, 1.54) is 10.8 Å². The zero-order valence-electron chi connectivity index (χ0n) is 5.79. The molecule has 0 aromatic carbocycles. The largest absolute Gasteiger partial charge is 0.601 e. The summed E-state index contributed by atoms with van der Waals surface area (Å²) in [6.07, 6.45) is 2.91. The van der Waals surface area contributed by atoms with Crippen LogP contribution in [-0.2, 0) is 10.2 Å². The molecule has 0 spiro atoms. The summed E-state index contributed by atoms with van der Waals surface area (Å²) < 4.78 is 10.8. The number of allylic oxidation sites excluding steroid dienone is 1. The van der Waals surface area contributed by atoms with Crippen LogP contribution in [0.15, 0.2) is 11.5 Å². The van der Waals surface area contributed by atoms with Crippen molar-refractivity contribution in [1.29, 1.82) is 0 Å². The van der Waals surface area contributed by atoms with E-state index in [0.29, 0.717) is 0 Å². The lowest BCUT2D eigenvalue weighted by atomic mass is 10.6. The molecule has 1 atom stereocenters. The molecule has 3 heteroatoms. The average Bonchev–Trinajstić information content (AvgIpc) is 1.85. The van der Waals surface area contributed by atoms with Crippen LogP contribution in [0.2, 0.25) is 0 Å². The van der Waals surface area contributed by atoms with Gasteiger partial charge in [0.15, 0.2) is 0 Å². The summed E-state index contributed by atoms with van der Waals surface area (Å²) in [5.74, 6) is 0.983. The molecule has 0 radical (unpaired) electrons. The maximum Gasteiger partial charge on any atom is 0.126 e. The van der Waals surface area contributed by atoms with Crippen LogP contribution in [0.1, 0.15) is 20.3 Å². The predicted octanol–water partition coefficient (Wildman–Crippen LogP) is 2.33. The highest BCUT2D eigenvalue weighted by molar-refractivity contribution is 8.73. The van der Waals surface area contributed by atoms with E-state index in [1.54, 1.807) is 5.41 Å². The van der Waals surface area contributed by atoms with Gasteiger partial charge in [-0.15, -0.1) is 0 Å². The van der Waals surface area contributed by atoms with E-state index in [0.717, 1.165) is 12.2 Å².